The number of hydrogen-bond acceptors (Lipinski definition) is 2. The minimum absolute atomic E-state index is 0.0106. The molecular weight excluding hydrogens is 212 g/mol. The van der Waals surface area contributed by atoms with Gasteiger partial charge < -0.3 is 10.5 Å². The number of rotatable bonds is 2. The van der Waals surface area contributed by atoms with Gasteiger partial charge in [-0.1, -0.05) is 0 Å². The van der Waals surface area contributed by atoms with E-state index in [0.717, 1.165) is 18.6 Å². The molecule has 88 valence electrons. The van der Waals surface area contributed by atoms with E-state index in [1.807, 2.05) is 0 Å². The van der Waals surface area contributed by atoms with Crippen LogP contribution in [0.1, 0.15) is 12.0 Å². The molecule has 1 aromatic rings. The molecule has 2 nitrogen and oxygen atoms in total. The van der Waals surface area contributed by atoms with Crippen LogP contribution in [0.25, 0.3) is 0 Å². The molecule has 1 aromatic carbocycles. The molecule has 0 bridgehead atoms. The Balaban J connectivity index is 2.10. The fourth-order valence-electron chi connectivity index (χ4n) is 2.01. The van der Waals surface area contributed by atoms with Crippen LogP contribution in [0.2, 0.25) is 0 Å². The van der Waals surface area contributed by atoms with Gasteiger partial charge in [-0.15, -0.1) is 0 Å². The Morgan fingerprint density at radius 1 is 1.38 bits per heavy atom. The lowest BCUT2D eigenvalue weighted by Crippen LogP contribution is -2.39. The summed E-state index contributed by atoms with van der Waals surface area (Å²) >= 11 is 0. The molecule has 2 N–H and O–H groups in total. The van der Waals surface area contributed by atoms with Gasteiger partial charge in [0, 0.05) is 18.6 Å². The third-order valence-corrected chi connectivity index (χ3v) is 3.02. The maximum atomic E-state index is 13.4. The standard InChI is InChI=1S/C12H15F2NO/c13-10-1-2-11(14)8(6-10)5-9-7-16-4-3-12(9)15/h1-2,6,9,12H,3-5,7,15H2. The zero-order valence-corrected chi connectivity index (χ0v) is 8.96. The highest BCUT2D eigenvalue weighted by atomic mass is 19.1. The van der Waals surface area contributed by atoms with Crippen molar-refractivity contribution in [2.45, 2.75) is 18.9 Å². The van der Waals surface area contributed by atoms with Crippen LogP contribution in [0.4, 0.5) is 8.78 Å². The molecule has 1 aliphatic rings. The van der Waals surface area contributed by atoms with Gasteiger partial charge in [0.05, 0.1) is 6.61 Å². The molecule has 2 atom stereocenters. The van der Waals surface area contributed by atoms with Gasteiger partial charge in [0.25, 0.3) is 0 Å². The first-order valence-corrected chi connectivity index (χ1v) is 5.44. The number of hydrogen-bond donors (Lipinski definition) is 1. The Morgan fingerprint density at radius 2 is 2.19 bits per heavy atom. The third kappa shape index (κ3) is 2.57. The van der Waals surface area contributed by atoms with Crippen molar-refractivity contribution in [3.8, 4) is 0 Å². The third-order valence-electron chi connectivity index (χ3n) is 3.02. The Morgan fingerprint density at radius 3 is 2.94 bits per heavy atom. The lowest BCUT2D eigenvalue weighted by atomic mass is 9.90. The van der Waals surface area contributed by atoms with Crippen molar-refractivity contribution in [1.29, 1.82) is 0 Å². The van der Waals surface area contributed by atoms with E-state index in [2.05, 4.69) is 0 Å². The SMILES string of the molecule is NC1CCOCC1Cc1cc(F)ccc1F. The average molecular weight is 227 g/mol. The second-order valence-electron chi connectivity index (χ2n) is 4.23. The number of benzene rings is 1. The molecule has 16 heavy (non-hydrogen) atoms. The van der Waals surface area contributed by atoms with Crippen LogP contribution in [0, 0.1) is 17.6 Å². The second-order valence-corrected chi connectivity index (χ2v) is 4.23. The lowest BCUT2D eigenvalue weighted by Gasteiger charge is -2.28. The maximum Gasteiger partial charge on any atom is 0.126 e. The van der Waals surface area contributed by atoms with E-state index in [1.165, 1.54) is 6.07 Å². The van der Waals surface area contributed by atoms with Crippen molar-refractivity contribution in [1.82, 2.24) is 0 Å². The van der Waals surface area contributed by atoms with E-state index in [0.29, 0.717) is 25.2 Å². The Labute approximate surface area is 93.4 Å². The van der Waals surface area contributed by atoms with Gasteiger partial charge in [0.15, 0.2) is 0 Å². The van der Waals surface area contributed by atoms with Crippen LogP contribution in [-0.2, 0) is 11.2 Å². The van der Waals surface area contributed by atoms with Crippen LogP contribution in [0.15, 0.2) is 18.2 Å². The summed E-state index contributed by atoms with van der Waals surface area (Å²) in [6, 6.07) is 3.52. The molecule has 1 fully saturated rings. The highest BCUT2D eigenvalue weighted by Gasteiger charge is 2.23. The molecule has 0 radical (unpaired) electrons. The van der Waals surface area contributed by atoms with E-state index in [1.54, 1.807) is 0 Å². The lowest BCUT2D eigenvalue weighted by molar-refractivity contribution is 0.0419. The fourth-order valence-corrected chi connectivity index (χ4v) is 2.01. The first-order valence-electron chi connectivity index (χ1n) is 5.44. The topological polar surface area (TPSA) is 35.2 Å². The second kappa shape index (κ2) is 4.89. The summed E-state index contributed by atoms with van der Waals surface area (Å²) in [5.74, 6) is -0.717. The molecule has 0 saturated carbocycles. The molecular formula is C12H15F2NO. The van der Waals surface area contributed by atoms with Crippen molar-refractivity contribution in [2.24, 2.45) is 11.7 Å². The van der Waals surface area contributed by atoms with Gasteiger partial charge in [-0.3, -0.25) is 0 Å². The van der Waals surface area contributed by atoms with Crippen LogP contribution in [0.3, 0.4) is 0 Å². The summed E-state index contributed by atoms with van der Waals surface area (Å²) in [6.45, 7) is 1.18. The van der Waals surface area contributed by atoms with Gasteiger partial charge in [-0.2, -0.15) is 0 Å². The number of ether oxygens (including phenoxy) is 1. The van der Waals surface area contributed by atoms with Crippen molar-refractivity contribution in [3.05, 3.63) is 35.4 Å². The van der Waals surface area contributed by atoms with Gasteiger partial charge in [-0.25, -0.2) is 8.78 Å². The molecule has 0 aliphatic carbocycles. The number of nitrogens with two attached hydrogens (primary N) is 1. The summed E-state index contributed by atoms with van der Waals surface area (Å²) in [5, 5.41) is 0. The summed E-state index contributed by atoms with van der Waals surface area (Å²) in [7, 11) is 0. The van der Waals surface area contributed by atoms with Crippen LogP contribution >= 0.6 is 0 Å². The van der Waals surface area contributed by atoms with Crippen molar-refractivity contribution in [3.63, 3.8) is 0 Å². The summed E-state index contributed by atoms with van der Waals surface area (Å²) in [6.07, 6.45) is 1.21. The largest absolute Gasteiger partial charge is 0.381 e. The predicted molar refractivity (Wildman–Crippen MR) is 57.0 cm³/mol. The summed E-state index contributed by atoms with van der Waals surface area (Å²) in [5.41, 5.74) is 6.30. The van der Waals surface area contributed by atoms with Crippen LogP contribution < -0.4 is 5.73 Å². The minimum Gasteiger partial charge on any atom is -0.381 e. The van der Waals surface area contributed by atoms with Crippen LogP contribution in [0.5, 0.6) is 0 Å². The Kier molecular flexibility index (Phi) is 3.51. The molecule has 0 amide bonds. The normalized spacial score (nSPS) is 25.7. The van der Waals surface area contributed by atoms with E-state index in [9.17, 15) is 8.78 Å². The first-order chi connectivity index (χ1) is 7.66. The molecule has 0 spiro atoms. The highest BCUT2D eigenvalue weighted by molar-refractivity contribution is 5.19. The molecule has 2 rings (SSSR count). The Bertz CT molecular complexity index is 370. The zero-order valence-electron chi connectivity index (χ0n) is 8.96. The molecule has 1 heterocycles. The van der Waals surface area contributed by atoms with E-state index < -0.39 is 5.82 Å². The molecule has 1 aliphatic heterocycles. The Hall–Kier alpha value is -1.00. The van der Waals surface area contributed by atoms with Crippen molar-refractivity contribution >= 4 is 0 Å². The van der Waals surface area contributed by atoms with Crippen LogP contribution in [-0.4, -0.2) is 19.3 Å². The smallest absolute Gasteiger partial charge is 0.126 e. The van der Waals surface area contributed by atoms with E-state index in [4.69, 9.17) is 10.5 Å². The van der Waals surface area contributed by atoms with Crippen molar-refractivity contribution < 1.29 is 13.5 Å². The van der Waals surface area contributed by atoms with Gasteiger partial charge in [-0.05, 0) is 36.6 Å². The molecule has 1 saturated heterocycles. The monoisotopic (exact) mass is 227 g/mol. The van der Waals surface area contributed by atoms with Crippen molar-refractivity contribution in [2.75, 3.05) is 13.2 Å². The van der Waals surface area contributed by atoms with Gasteiger partial charge >= 0.3 is 0 Å². The minimum atomic E-state index is -0.415. The fraction of sp³-hybridized carbons (Fsp3) is 0.500. The maximum absolute atomic E-state index is 13.4. The zero-order chi connectivity index (χ0) is 11.5. The highest BCUT2D eigenvalue weighted by Crippen LogP contribution is 2.20. The van der Waals surface area contributed by atoms with E-state index >= 15 is 0 Å². The summed E-state index contributed by atoms with van der Waals surface area (Å²) in [4.78, 5) is 0. The molecule has 4 heteroatoms. The molecule has 2 unspecified atom stereocenters. The average Bonchev–Trinajstić information content (AvgIpc) is 2.27. The van der Waals surface area contributed by atoms with E-state index in [-0.39, 0.29) is 17.8 Å². The van der Waals surface area contributed by atoms with Gasteiger partial charge in [0.1, 0.15) is 11.6 Å². The quantitative estimate of drug-likeness (QED) is 0.837. The first kappa shape index (κ1) is 11.5. The molecule has 0 aromatic heterocycles. The summed E-state index contributed by atoms with van der Waals surface area (Å²) < 4.78 is 31.7. The predicted octanol–water partition coefficient (Wildman–Crippen LogP) is 1.87. The number of halogens is 2. The van der Waals surface area contributed by atoms with Gasteiger partial charge in [0.2, 0.25) is 0 Å².